The monoisotopic (exact) mass is 274 g/mol. The fraction of sp³-hybridized carbons (Fsp3) is 0.200. The molecule has 1 aliphatic heterocycles. The molecule has 3 rings (SSSR count). The van der Waals surface area contributed by atoms with Crippen LogP contribution in [0.2, 0.25) is 0 Å². The van der Waals surface area contributed by atoms with E-state index < -0.39 is 7.60 Å². The van der Waals surface area contributed by atoms with E-state index in [1.807, 2.05) is 24.3 Å². The molecule has 1 aliphatic rings. The Balaban J connectivity index is 2.29. The topological polar surface area (TPSA) is 46.5 Å². The van der Waals surface area contributed by atoms with Gasteiger partial charge in [-0.1, -0.05) is 44.2 Å². The van der Waals surface area contributed by atoms with Gasteiger partial charge in [0.1, 0.15) is 5.75 Å². The van der Waals surface area contributed by atoms with Gasteiger partial charge >= 0.3 is 7.60 Å². The van der Waals surface area contributed by atoms with Crippen LogP contribution in [0.1, 0.15) is 25.3 Å². The summed E-state index contributed by atoms with van der Waals surface area (Å²) in [6.07, 6.45) is 0. The molecule has 1 heterocycles. The highest BCUT2D eigenvalue weighted by Crippen LogP contribution is 2.51. The predicted molar refractivity (Wildman–Crippen MR) is 76.1 cm³/mol. The molecule has 1 unspecified atom stereocenters. The largest absolute Gasteiger partial charge is 0.421 e. The van der Waals surface area contributed by atoms with Crippen molar-refractivity contribution >= 4 is 12.9 Å². The van der Waals surface area contributed by atoms with E-state index in [9.17, 15) is 9.46 Å². The summed E-state index contributed by atoms with van der Waals surface area (Å²) in [5, 5.41) is 0.400. The number of benzene rings is 2. The van der Waals surface area contributed by atoms with E-state index in [0.29, 0.717) is 17.0 Å². The summed E-state index contributed by atoms with van der Waals surface area (Å²) in [5.74, 6) is 0.778. The van der Waals surface area contributed by atoms with E-state index in [2.05, 4.69) is 13.8 Å². The first-order valence-electron chi connectivity index (χ1n) is 6.25. The van der Waals surface area contributed by atoms with Crippen LogP contribution in [0, 0.1) is 0 Å². The zero-order chi connectivity index (χ0) is 13.6. The third-order valence-electron chi connectivity index (χ3n) is 3.39. The number of fused-ring (bicyclic) bond motifs is 3. The van der Waals surface area contributed by atoms with Crippen molar-refractivity contribution in [3.63, 3.8) is 0 Å². The van der Waals surface area contributed by atoms with E-state index in [4.69, 9.17) is 4.52 Å². The third-order valence-corrected chi connectivity index (χ3v) is 4.82. The van der Waals surface area contributed by atoms with Crippen LogP contribution < -0.4 is 9.83 Å². The lowest BCUT2D eigenvalue weighted by Gasteiger charge is -2.25. The Hall–Kier alpha value is -1.57. The van der Waals surface area contributed by atoms with Gasteiger partial charge in [-0.2, -0.15) is 0 Å². The first-order valence-corrected chi connectivity index (χ1v) is 7.83. The highest BCUT2D eigenvalue weighted by atomic mass is 31.2. The maximum absolute atomic E-state index is 12.3. The van der Waals surface area contributed by atoms with Gasteiger partial charge in [0.2, 0.25) is 0 Å². The summed E-state index contributed by atoms with van der Waals surface area (Å²) in [6.45, 7) is 4.11. The molecule has 0 aliphatic carbocycles. The first-order chi connectivity index (χ1) is 8.99. The highest BCUT2D eigenvalue weighted by Gasteiger charge is 2.34. The molecule has 0 amide bonds. The number of rotatable bonds is 1. The number of para-hydroxylation sites is 1. The predicted octanol–water partition coefficient (Wildman–Crippen LogP) is 3.68. The Morgan fingerprint density at radius 3 is 2.58 bits per heavy atom. The summed E-state index contributed by atoms with van der Waals surface area (Å²) in [7, 11) is -3.78. The molecule has 0 saturated heterocycles. The Morgan fingerprint density at radius 1 is 1.11 bits per heavy atom. The Kier molecular flexibility index (Phi) is 2.77. The second-order valence-corrected chi connectivity index (χ2v) is 6.74. The smallest absolute Gasteiger partial charge is 0.408 e. The molecule has 1 atom stereocenters. The molecular weight excluding hydrogens is 259 g/mol. The van der Waals surface area contributed by atoms with Crippen LogP contribution in [-0.2, 0) is 4.57 Å². The molecule has 3 nitrogen and oxygen atoms in total. The molecule has 0 bridgehead atoms. The minimum Gasteiger partial charge on any atom is -0.421 e. The lowest BCUT2D eigenvalue weighted by atomic mass is 9.98. The molecular formula is C15H15O3P. The standard InChI is InChI=1S/C15H15O3P/c1-10(2)11-7-8-13-12-5-3-4-6-14(12)18-19(16,17)15(13)9-11/h3-10H,1-2H3,(H,16,17). The van der Waals surface area contributed by atoms with Crippen LogP contribution in [0.5, 0.6) is 5.75 Å². The van der Waals surface area contributed by atoms with Crippen molar-refractivity contribution in [2.24, 2.45) is 0 Å². The Labute approximate surface area is 112 Å². The fourth-order valence-corrected chi connectivity index (χ4v) is 3.66. The Morgan fingerprint density at radius 2 is 1.84 bits per heavy atom. The van der Waals surface area contributed by atoms with Crippen LogP contribution in [0.3, 0.4) is 0 Å². The zero-order valence-electron chi connectivity index (χ0n) is 10.8. The molecule has 0 aromatic heterocycles. The quantitative estimate of drug-likeness (QED) is 0.807. The molecule has 0 fully saturated rings. The van der Waals surface area contributed by atoms with Gasteiger partial charge in [-0.25, -0.2) is 4.57 Å². The molecule has 0 radical (unpaired) electrons. The van der Waals surface area contributed by atoms with Gasteiger partial charge in [0.25, 0.3) is 0 Å². The average molecular weight is 274 g/mol. The molecule has 2 aromatic carbocycles. The van der Waals surface area contributed by atoms with Gasteiger partial charge in [-0.3, -0.25) is 0 Å². The molecule has 98 valence electrons. The lowest BCUT2D eigenvalue weighted by Crippen LogP contribution is -2.18. The zero-order valence-corrected chi connectivity index (χ0v) is 11.7. The Bertz CT molecular complexity index is 692. The van der Waals surface area contributed by atoms with Crippen LogP contribution in [0.4, 0.5) is 0 Å². The van der Waals surface area contributed by atoms with E-state index in [1.165, 1.54) is 0 Å². The van der Waals surface area contributed by atoms with Crippen LogP contribution in [-0.4, -0.2) is 4.89 Å². The van der Waals surface area contributed by atoms with Gasteiger partial charge in [0, 0.05) is 11.1 Å². The van der Waals surface area contributed by atoms with E-state index >= 15 is 0 Å². The van der Waals surface area contributed by atoms with Crippen molar-refractivity contribution in [1.29, 1.82) is 0 Å². The highest BCUT2D eigenvalue weighted by molar-refractivity contribution is 7.62. The van der Waals surface area contributed by atoms with E-state index in [1.54, 1.807) is 18.2 Å². The average Bonchev–Trinajstić information content (AvgIpc) is 2.38. The summed E-state index contributed by atoms with van der Waals surface area (Å²) in [5.41, 5.74) is 2.70. The maximum atomic E-state index is 12.3. The number of hydrogen-bond acceptors (Lipinski definition) is 2. The third kappa shape index (κ3) is 1.99. The molecule has 0 spiro atoms. The summed E-state index contributed by atoms with van der Waals surface area (Å²) in [6, 6.07) is 13.0. The summed E-state index contributed by atoms with van der Waals surface area (Å²) < 4.78 is 17.6. The van der Waals surface area contributed by atoms with Crippen LogP contribution >= 0.6 is 7.60 Å². The normalized spacial score (nSPS) is 20.6. The second-order valence-electron chi connectivity index (χ2n) is 5.04. The van der Waals surface area contributed by atoms with Crippen LogP contribution in [0.15, 0.2) is 42.5 Å². The maximum Gasteiger partial charge on any atom is 0.408 e. The molecule has 2 aromatic rings. The SMILES string of the molecule is CC(C)c1ccc2c(c1)P(=O)(O)Oc1ccccc1-2. The van der Waals surface area contributed by atoms with Gasteiger partial charge < -0.3 is 9.42 Å². The van der Waals surface area contributed by atoms with Gasteiger partial charge in [-0.15, -0.1) is 0 Å². The van der Waals surface area contributed by atoms with Crippen molar-refractivity contribution in [2.75, 3.05) is 0 Å². The summed E-state index contributed by atoms with van der Waals surface area (Å²) in [4.78, 5) is 10.1. The minimum absolute atomic E-state index is 0.308. The summed E-state index contributed by atoms with van der Waals surface area (Å²) >= 11 is 0. The molecule has 1 N–H and O–H groups in total. The van der Waals surface area contributed by atoms with Crippen molar-refractivity contribution in [1.82, 2.24) is 0 Å². The lowest BCUT2D eigenvalue weighted by molar-refractivity contribution is 0.392. The molecule has 0 saturated carbocycles. The van der Waals surface area contributed by atoms with Gasteiger partial charge in [0.15, 0.2) is 0 Å². The number of hydrogen-bond donors (Lipinski definition) is 1. The minimum atomic E-state index is -3.78. The van der Waals surface area contributed by atoms with Gasteiger partial charge in [0.05, 0.1) is 5.30 Å². The van der Waals surface area contributed by atoms with E-state index in [-0.39, 0.29) is 0 Å². The first kappa shape index (κ1) is 12.5. The second kappa shape index (κ2) is 4.22. The van der Waals surface area contributed by atoms with E-state index in [0.717, 1.165) is 16.7 Å². The van der Waals surface area contributed by atoms with Crippen molar-refractivity contribution in [2.45, 2.75) is 19.8 Å². The van der Waals surface area contributed by atoms with Crippen LogP contribution in [0.25, 0.3) is 11.1 Å². The van der Waals surface area contributed by atoms with Gasteiger partial charge in [-0.05, 0) is 23.6 Å². The fourth-order valence-electron chi connectivity index (χ4n) is 2.32. The van der Waals surface area contributed by atoms with Crippen molar-refractivity contribution in [3.05, 3.63) is 48.0 Å². The van der Waals surface area contributed by atoms with Crippen molar-refractivity contribution in [3.8, 4) is 16.9 Å². The van der Waals surface area contributed by atoms with Crippen molar-refractivity contribution < 1.29 is 14.0 Å². The molecule has 4 heteroatoms. The molecule has 19 heavy (non-hydrogen) atoms.